The van der Waals surface area contributed by atoms with E-state index in [1.165, 1.54) is 0 Å². The fourth-order valence-electron chi connectivity index (χ4n) is 6.47. The normalized spacial score (nSPS) is 11.0. The van der Waals surface area contributed by atoms with Gasteiger partial charge in [-0.15, -0.1) is 54.1 Å². The van der Waals surface area contributed by atoms with Crippen LogP contribution in [0.3, 0.4) is 0 Å². The first-order chi connectivity index (χ1) is 24.8. The average Bonchev–Trinajstić information content (AvgIpc) is 3.78. The molecule has 5 nitrogen and oxygen atoms in total. The van der Waals surface area contributed by atoms with E-state index in [0.717, 1.165) is 83.3 Å². The van der Waals surface area contributed by atoms with Crippen LogP contribution in [-0.2, 0) is 20.1 Å². The molecule has 4 aromatic heterocycles. The minimum Gasteiger partial charge on any atom is -0.501 e. The summed E-state index contributed by atoms with van der Waals surface area (Å²) in [6.07, 6.45) is 3.70. The number of hydrogen-bond donors (Lipinski definition) is 0. The summed E-state index contributed by atoms with van der Waals surface area (Å²) < 4.78 is 8.73. The third-order valence-corrected chi connectivity index (χ3v) is 8.83. The van der Waals surface area contributed by atoms with E-state index in [1.807, 2.05) is 97.2 Å². The van der Waals surface area contributed by atoms with Gasteiger partial charge < -0.3 is 14.0 Å². The molecule has 0 spiro atoms. The first-order valence-electron chi connectivity index (χ1n) is 16.4. The predicted molar refractivity (Wildman–Crippen MR) is 202 cm³/mol. The van der Waals surface area contributed by atoms with Crippen molar-refractivity contribution >= 4 is 43.9 Å². The monoisotopic (exact) mass is 833 g/mol. The Morgan fingerprint density at radius 2 is 1.37 bits per heavy atom. The Labute approximate surface area is 308 Å². The van der Waals surface area contributed by atoms with Crippen LogP contribution in [-0.4, -0.2) is 19.5 Å². The molecule has 10 rings (SSSR count). The third-order valence-electron chi connectivity index (χ3n) is 8.83. The molecule has 0 N–H and O–H groups in total. The smallest absolute Gasteiger partial charge is 0.121 e. The van der Waals surface area contributed by atoms with Gasteiger partial charge in [0.2, 0.25) is 0 Å². The summed E-state index contributed by atoms with van der Waals surface area (Å²) in [4.78, 5) is 14.2. The molecule has 6 heteroatoms. The van der Waals surface area contributed by atoms with Crippen LogP contribution in [0.4, 0.5) is 0 Å². The summed E-state index contributed by atoms with van der Waals surface area (Å²) >= 11 is 0. The summed E-state index contributed by atoms with van der Waals surface area (Å²) in [5.74, 6) is 0.775. The van der Waals surface area contributed by atoms with Crippen LogP contribution in [0.2, 0.25) is 0 Å². The van der Waals surface area contributed by atoms with Crippen molar-refractivity contribution in [1.82, 2.24) is 19.5 Å². The van der Waals surface area contributed by atoms with Gasteiger partial charge in [-0.1, -0.05) is 102 Å². The van der Waals surface area contributed by atoms with Gasteiger partial charge in [0.05, 0.1) is 34.2 Å². The topological polar surface area (TPSA) is 56.7 Å². The largest absolute Gasteiger partial charge is 0.501 e. The van der Waals surface area contributed by atoms with E-state index >= 15 is 0 Å². The molecule has 0 aliphatic heterocycles. The minimum atomic E-state index is 0. The molecule has 0 fully saturated rings. The van der Waals surface area contributed by atoms with E-state index < -0.39 is 0 Å². The second-order valence-corrected chi connectivity index (χ2v) is 11.9. The number of fused-ring (bicyclic) bond motifs is 6. The Kier molecular flexibility index (Phi) is 8.77. The summed E-state index contributed by atoms with van der Waals surface area (Å²) in [7, 11) is 0. The van der Waals surface area contributed by atoms with E-state index in [2.05, 4.69) is 88.4 Å². The van der Waals surface area contributed by atoms with Crippen LogP contribution in [0.5, 0.6) is 0 Å². The first-order valence-corrected chi connectivity index (χ1v) is 16.4. The second-order valence-electron chi connectivity index (χ2n) is 11.9. The molecule has 0 aliphatic rings. The Bertz CT molecular complexity index is 2710. The van der Waals surface area contributed by atoms with Crippen LogP contribution >= 0.6 is 0 Å². The van der Waals surface area contributed by atoms with Crippen molar-refractivity contribution in [2.75, 3.05) is 0 Å². The van der Waals surface area contributed by atoms with E-state index in [9.17, 15) is 0 Å². The summed E-state index contributed by atoms with van der Waals surface area (Å²) in [6.45, 7) is 0. The molecule has 1 radical (unpaired) electrons. The Morgan fingerprint density at radius 3 is 2.18 bits per heavy atom. The minimum absolute atomic E-state index is 0. The maximum Gasteiger partial charge on any atom is 0.121 e. The van der Waals surface area contributed by atoms with Gasteiger partial charge in [0, 0.05) is 42.8 Å². The van der Waals surface area contributed by atoms with Crippen molar-refractivity contribution in [2.24, 2.45) is 0 Å². The number of pyridine rings is 2. The van der Waals surface area contributed by atoms with Crippen molar-refractivity contribution in [1.29, 1.82) is 0 Å². The van der Waals surface area contributed by atoms with Crippen molar-refractivity contribution in [2.45, 2.75) is 0 Å². The maximum absolute atomic E-state index is 6.57. The predicted octanol–water partition coefficient (Wildman–Crippen LogP) is 11.2. The zero-order chi connectivity index (χ0) is 33.3. The molecule has 0 saturated carbocycles. The number of imidazole rings is 1. The number of para-hydroxylation sites is 2. The number of hydrogen-bond acceptors (Lipinski definition) is 4. The van der Waals surface area contributed by atoms with E-state index in [1.54, 1.807) is 6.20 Å². The SMILES string of the molecule is [Ir].[c-]1ccc2c(oc3cc(-c4ccccc4)ccc32)c1-c1nc2c3ccccc3ncc2n1-c1ccccc1.[c-]1ccccc1-c1ccccn1. The van der Waals surface area contributed by atoms with Gasteiger partial charge >= 0.3 is 0 Å². The molecule has 0 aliphatic carbocycles. The zero-order valence-corrected chi connectivity index (χ0v) is 29.6. The quantitative estimate of drug-likeness (QED) is 0.166. The van der Waals surface area contributed by atoms with E-state index in [0.29, 0.717) is 0 Å². The van der Waals surface area contributed by atoms with Gasteiger partial charge in [0.15, 0.2) is 0 Å². The van der Waals surface area contributed by atoms with Crippen molar-refractivity contribution < 1.29 is 24.5 Å². The van der Waals surface area contributed by atoms with Crippen LogP contribution in [0, 0.1) is 12.1 Å². The first kappa shape index (κ1) is 32.0. The zero-order valence-electron chi connectivity index (χ0n) is 27.2. The molecular formula is C45H28IrN4O-2. The second kappa shape index (κ2) is 14.0. The maximum atomic E-state index is 6.57. The Hall–Kier alpha value is -6.20. The molecule has 10 aromatic rings. The van der Waals surface area contributed by atoms with Gasteiger partial charge in [-0.05, 0) is 47.2 Å². The molecule has 4 heterocycles. The van der Waals surface area contributed by atoms with Crippen molar-refractivity contribution in [3.05, 3.63) is 182 Å². The molecule has 6 aromatic carbocycles. The van der Waals surface area contributed by atoms with E-state index in [4.69, 9.17) is 14.4 Å². The average molecular weight is 833 g/mol. The van der Waals surface area contributed by atoms with Crippen LogP contribution in [0.25, 0.3) is 83.3 Å². The summed E-state index contributed by atoms with van der Waals surface area (Å²) in [6, 6.07) is 59.5. The number of benzene rings is 6. The van der Waals surface area contributed by atoms with Gasteiger partial charge in [-0.25, -0.2) is 0 Å². The van der Waals surface area contributed by atoms with Gasteiger partial charge in [-0.2, -0.15) is 0 Å². The third kappa shape index (κ3) is 6.01. The molecule has 0 amide bonds. The molecule has 0 bridgehead atoms. The van der Waals surface area contributed by atoms with Crippen molar-refractivity contribution in [3.8, 4) is 39.5 Å². The van der Waals surface area contributed by atoms with Crippen LogP contribution in [0.1, 0.15) is 0 Å². The molecular weight excluding hydrogens is 805 g/mol. The number of rotatable bonds is 4. The van der Waals surface area contributed by atoms with Gasteiger partial charge in [0.1, 0.15) is 5.58 Å². The van der Waals surface area contributed by atoms with Gasteiger partial charge in [-0.3, -0.25) is 9.97 Å². The number of furan rings is 1. The van der Waals surface area contributed by atoms with E-state index in [-0.39, 0.29) is 20.1 Å². The molecule has 0 atom stereocenters. The number of aromatic nitrogens is 4. The Balaban J connectivity index is 0.000000245. The van der Waals surface area contributed by atoms with Crippen LogP contribution in [0.15, 0.2) is 175 Å². The molecule has 245 valence electrons. The number of nitrogens with zero attached hydrogens (tertiary/aromatic N) is 4. The molecule has 0 saturated heterocycles. The summed E-state index contributed by atoms with van der Waals surface area (Å²) in [5.41, 5.74) is 10.5. The molecule has 0 unspecified atom stereocenters. The standard InChI is InChI=1S/C34H20N3O.C11H8N.Ir/c1-3-10-22(11-4-1)23-18-19-25-26-15-9-16-28(33(26)38-31(25)20-23)34-36-32-27-14-7-8-17-29(27)35-21-30(32)37(34)24-12-5-2-6-13-24;1-2-6-10(7-3-1)11-8-4-5-9-12-11;/h1-15,17-21H;1-6,8-9H;/q2*-1;. The van der Waals surface area contributed by atoms with Gasteiger partial charge in [0.25, 0.3) is 0 Å². The summed E-state index contributed by atoms with van der Waals surface area (Å²) in [5, 5.41) is 3.14. The fraction of sp³-hybridized carbons (Fsp3) is 0. The van der Waals surface area contributed by atoms with Crippen LogP contribution < -0.4 is 0 Å². The molecule has 51 heavy (non-hydrogen) atoms. The Morgan fingerprint density at radius 1 is 0.588 bits per heavy atom. The fourth-order valence-corrected chi connectivity index (χ4v) is 6.47. The van der Waals surface area contributed by atoms with Crippen molar-refractivity contribution in [3.63, 3.8) is 0 Å².